The zero-order valence-electron chi connectivity index (χ0n) is 9.02. The Labute approximate surface area is 76.8 Å². The third-order valence-corrected chi connectivity index (χ3v) is 1.75. The maximum absolute atomic E-state index is 4.02. The molecule has 1 nitrogen and oxygen atoms in total. The van der Waals surface area contributed by atoms with Crippen LogP contribution < -0.4 is 0 Å². The molecule has 0 aliphatic carbocycles. The summed E-state index contributed by atoms with van der Waals surface area (Å²) >= 11 is 0. The van der Waals surface area contributed by atoms with Gasteiger partial charge in [-0.05, 0) is 19.5 Å². The molecule has 0 fully saturated rings. The second kappa shape index (κ2) is 4.46. The van der Waals surface area contributed by atoms with E-state index in [0.29, 0.717) is 0 Å². The lowest BCUT2D eigenvalue weighted by molar-refractivity contribution is 0.455. The summed E-state index contributed by atoms with van der Waals surface area (Å²) in [5, 5.41) is 0. The monoisotopic (exact) mass is 167 g/mol. The summed E-state index contributed by atoms with van der Waals surface area (Å²) < 4.78 is 0. The lowest BCUT2D eigenvalue weighted by atomic mass is 9.87. The Bertz CT molecular complexity index is 170. The lowest BCUT2D eigenvalue weighted by Gasteiger charge is -2.18. The Morgan fingerprint density at radius 2 is 1.83 bits per heavy atom. The molecule has 12 heavy (non-hydrogen) atoms. The van der Waals surface area contributed by atoms with Crippen molar-refractivity contribution in [3.05, 3.63) is 24.3 Å². The molecule has 0 aromatic carbocycles. The molecule has 1 heteroatoms. The van der Waals surface area contributed by atoms with Crippen LogP contribution in [0, 0.1) is 5.41 Å². The number of rotatable bonds is 3. The molecule has 0 N–H and O–H groups in total. The van der Waals surface area contributed by atoms with Crippen molar-refractivity contribution in [1.82, 2.24) is 4.90 Å². The average Bonchev–Trinajstić information content (AvgIpc) is 1.84. The van der Waals surface area contributed by atoms with E-state index in [2.05, 4.69) is 58.5 Å². The van der Waals surface area contributed by atoms with Gasteiger partial charge in [-0.1, -0.05) is 45.1 Å². The van der Waals surface area contributed by atoms with Crippen molar-refractivity contribution in [2.24, 2.45) is 5.41 Å². The van der Waals surface area contributed by atoms with Crippen LogP contribution in [0.25, 0.3) is 0 Å². The van der Waals surface area contributed by atoms with E-state index >= 15 is 0 Å². The molecule has 0 spiro atoms. The second-order valence-electron chi connectivity index (χ2n) is 4.44. The topological polar surface area (TPSA) is 3.24 Å². The predicted molar refractivity (Wildman–Crippen MR) is 56.3 cm³/mol. The van der Waals surface area contributed by atoms with Gasteiger partial charge in [-0.2, -0.15) is 0 Å². The molecule has 0 saturated heterocycles. The molecular weight excluding hydrogens is 146 g/mol. The predicted octanol–water partition coefficient (Wildman–Crippen LogP) is 2.71. The highest BCUT2D eigenvalue weighted by molar-refractivity contribution is 5.20. The van der Waals surface area contributed by atoms with E-state index in [1.54, 1.807) is 0 Å². The van der Waals surface area contributed by atoms with E-state index in [4.69, 9.17) is 0 Å². The number of likely N-dealkylation sites (N-methyl/N-ethyl adjacent to an activating group) is 1. The maximum atomic E-state index is 4.02. The lowest BCUT2D eigenvalue weighted by Crippen LogP contribution is -2.11. The Morgan fingerprint density at radius 3 is 2.17 bits per heavy atom. The maximum Gasteiger partial charge on any atom is 0.0160 e. The number of allylic oxidation sites excluding steroid dienone is 2. The molecule has 0 bridgehead atoms. The Hall–Kier alpha value is -0.560. The van der Waals surface area contributed by atoms with E-state index in [1.807, 2.05) is 0 Å². The summed E-state index contributed by atoms with van der Waals surface area (Å²) in [6, 6.07) is 0. The van der Waals surface area contributed by atoms with Crippen LogP contribution in [0.15, 0.2) is 24.3 Å². The molecule has 0 saturated carbocycles. The first kappa shape index (κ1) is 11.4. The van der Waals surface area contributed by atoms with Crippen molar-refractivity contribution < 1.29 is 0 Å². The summed E-state index contributed by atoms with van der Waals surface area (Å²) in [6.07, 6.45) is 4.26. The zero-order valence-corrected chi connectivity index (χ0v) is 9.02. The molecule has 0 aromatic rings. The fourth-order valence-corrected chi connectivity index (χ4v) is 0.656. The van der Waals surface area contributed by atoms with Crippen LogP contribution >= 0.6 is 0 Å². The minimum atomic E-state index is 0.197. The summed E-state index contributed by atoms with van der Waals surface area (Å²) in [5.41, 5.74) is 1.38. The third kappa shape index (κ3) is 5.14. The summed E-state index contributed by atoms with van der Waals surface area (Å²) in [7, 11) is 4.12. The minimum Gasteiger partial charge on any atom is -0.306 e. The number of nitrogens with zero attached hydrogens (tertiary/aromatic N) is 1. The van der Waals surface area contributed by atoms with Gasteiger partial charge in [0, 0.05) is 6.54 Å². The average molecular weight is 167 g/mol. The first-order valence-corrected chi connectivity index (χ1v) is 4.34. The smallest absolute Gasteiger partial charge is 0.0160 e. The van der Waals surface area contributed by atoms with Crippen LogP contribution in [-0.2, 0) is 0 Å². The van der Waals surface area contributed by atoms with E-state index in [9.17, 15) is 0 Å². The molecule has 0 unspecified atom stereocenters. The van der Waals surface area contributed by atoms with E-state index in [0.717, 1.165) is 6.54 Å². The SMILES string of the molecule is C=C(/C=C/CN(C)C)C(C)(C)C. The molecule has 70 valence electrons. The highest BCUT2D eigenvalue weighted by atomic mass is 15.0. The van der Waals surface area contributed by atoms with Crippen LogP contribution in [0.4, 0.5) is 0 Å². The van der Waals surface area contributed by atoms with Gasteiger partial charge in [0.25, 0.3) is 0 Å². The molecule has 0 radical (unpaired) electrons. The standard InChI is InChI=1S/C11H21N/c1-10(11(2,3)4)8-7-9-12(5)6/h7-8H,1,9H2,2-6H3/b8-7+. The van der Waals surface area contributed by atoms with Gasteiger partial charge in [-0.15, -0.1) is 0 Å². The van der Waals surface area contributed by atoms with E-state index in [1.165, 1.54) is 5.57 Å². The van der Waals surface area contributed by atoms with Gasteiger partial charge < -0.3 is 4.90 Å². The van der Waals surface area contributed by atoms with Crippen LogP contribution in [-0.4, -0.2) is 25.5 Å². The second-order valence-corrected chi connectivity index (χ2v) is 4.44. The summed E-state index contributed by atoms with van der Waals surface area (Å²) in [4.78, 5) is 2.13. The van der Waals surface area contributed by atoms with E-state index < -0.39 is 0 Å². The van der Waals surface area contributed by atoms with E-state index in [-0.39, 0.29) is 5.41 Å². The number of hydrogen-bond acceptors (Lipinski definition) is 1. The van der Waals surface area contributed by atoms with Gasteiger partial charge in [0.15, 0.2) is 0 Å². The van der Waals surface area contributed by atoms with Crippen molar-refractivity contribution in [3.8, 4) is 0 Å². The normalized spacial score (nSPS) is 12.8. The van der Waals surface area contributed by atoms with Gasteiger partial charge in [-0.25, -0.2) is 0 Å². The largest absolute Gasteiger partial charge is 0.306 e. The Balaban J connectivity index is 3.93. The highest BCUT2D eigenvalue weighted by Crippen LogP contribution is 2.23. The molecule has 0 rings (SSSR count). The summed E-state index contributed by atoms with van der Waals surface area (Å²) in [6.45, 7) is 11.5. The van der Waals surface area contributed by atoms with Crippen molar-refractivity contribution in [2.75, 3.05) is 20.6 Å². The fourth-order valence-electron chi connectivity index (χ4n) is 0.656. The van der Waals surface area contributed by atoms with Crippen LogP contribution in [0.2, 0.25) is 0 Å². The van der Waals surface area contributed by atoms with Crippen LogP contribution in [0.5, 0.6) is 0 Å². The Kier molecular flexibility index (Phi) is 4.25. The van der Waals surface area contributed by atoms with Gasteiger partial charge in [0.05, 0.1) is 0 Å². The highest BCUT2D eigenvalue weighted by Gasteiger charge is 2.11. The van der Waals surface area contributed by atoms with Gasteiger partial charge >= 0.3 is 0 Å². The van der Waals surface area contributed by atoms with Crippen molar-refractivity contribution in [3.63, 3.8) is 0 Å². The number of hydrogen-bond donors (Lipinski definition) is 0. The van der Waals surface area contributed by atoms with Gasteiger partial charge in [0.1, 0.15) is 0 Å². The van der Waals surface area contributed by atoms with Crippen molar-refractivity contribution >= 4 is 0 Å². The van der Waals surface area contributed by atoms with Crippen molar-refractivity contribution in [1.29, 1.82) is 0 Å². The minimum absolute atomic E-state index is 0.197. The summed E-state index contributed by atoms with van der Waals surface area (Å²) in [5.74, 6) is 0. The first-order valence-electron chi connectivity index (χ1n) is 4.34. The zero-order chi connectivity index (χ0) is 9.78. The quantitative estimate of drug-likeness (QED) is 0.584. The molecule has 0 heterocycles. The molecular formula is C11H21N. The molecule has 0 aliphatic heterocycles. The molecule has 0 amide bonds. The fraction of sp³-hybridized carbons (Fsp3) is 0.636. The third-order valence-electron chi connectivity index (χ3n) is 1.75. The first-order chi connectivity index (χ1) is 5.34. The van der Waals surface area contributed by atoms with Crippen LogP contribution in [0.1, 0.15) is 20.8 Å². The molecule has 0 aromatic heterocycles. The molecule has 0 atom stereocenters. The van der Waals surface area contributed by atoms with Gasteiger partial charge in [0.2, 0.25) is 0 Å². The van der Waals surface area contributed by atoms with Gasteiger partial charge in [-0.3, -0.25) is 0 Å². The van der Waals surface area contributed by atoms with Crippen LogP contribution in [0.3, 0.4) is 0 Å². The van der Waals surface area contributed by atoms with Crippen molar-refractivity contribution in [2.45, 2.75) is 20.8 Å². The molecule has 0 aliphatic rings. The Morgan fingerprint density at radius 1 is 1.33 bits per heavy atom.